The Kier molecular flexibility index (Phi) is 1.78. The van der Waals surface area contributed by atoms with Crippen LogP contribution in [0.2, 0.25) is 0 Å². The van der Waals surface area contributed by atoms with Crippen LogP contribution in [-0.2, 0) is 6.54 Å². The molecule has 12 heavy (non-hydrogen) atoms. The normalized spacial score (nSPS) is 10.8. The average molecular weight is 161 g/mol. The molecule has 2 aromatic rings. The third-order valence-corrected chi connectivity index (χ3v) is 1.89. The Bertz CT molecular complexity index is 378. The lowest BCUT2D eigenvalue weighted by Gasteiger charge is -1.99. The lowest BCUT2D eigenvalue weighted by molar-refractivity contribution is 0.697. The summed E-state index contributed by atoms with van der Waals surface area (Å²) in [5.74, 6) is 0. The highest BCUT2D eigenvalue weighted by atomic mass is 15.0. The van der Waals surface area contributed by atoms with Crippen LogP contribution in [0.25, 0.3) is 11.0 Å². The first-order valence-electron chi connectivity index (χ1n) is 4.16. The van der Waals surface area contributed by atoms with Gasteiger partial charge < -0.3 is 4.57 Å². The smallest absolute Gasteiger partial charge is 0.107 e. The summed E-state index contributed by atoms with van der Waals surface area (Å²) in [4.78, 5) is 8.25. The fourth-order valence-electron chi connectivity index (χ4n) is 1.33. The van der Waals surface area contributed by atoms with E-state index in [-0.39, 0.29) is 0 Å². The van der Waals surface area contributed by atoms with Gasteiger partial charge in [-0.2, -0.15) is 0 Å². The number of fused-ring (bicyclic) bond motifs is 1. The van der Waals surface area contributed by atoms with Crippen LogP contribution in [0.5, 0.6) is 0 Å². The summed E-state index contributed by atoms with van der Waals surface area (Å²) in [6.45, 7) is 3.19. The Morgan fingerprint density at radius 2 is 2.42 bits per heavy atom. The molecule has 62 valence electrons. The second-order valence-corrected chi connectivity index (χ2v) is 2.80. The van der Waals surface area contributed by atoms with Crippen LogP contribution < -0.4 is 0 Å². The van der Waals surface area contributed by atoms with Gasteiger partial charge in [0.2, 0.25) is 0 Å². The molecule has 0 saturated carbocycles. The van der Waals surface area contributed by atoms with Gasteiger partial charge in [-0.3, -0.25) is 4.98 Å². The van der Waals surface area contributed by atoms with Crippen molar-refractivity contribution in [3.63, 3.8) is 0 Å². The topological polar surface area (TPSA) is 30.7 Å². The molecule has 0 bridgehead atoms. The van der Waals surface area contributed by atoms with Crippen LogP contribution in [0, 0.1) is 0 Å². The Labute approximate surface area is 71.1 Å². The molecule has 0 aliphatic heterocycles. The number of aromatic nitrogens is 3. The SMILES string of the molecule is CCCn1cnc2cnccc21. The second-order valence-electron chi connectivity index (χ2n) is 2.80. The predicted molar refractivity (Wildman–Crippen MR) is 47.8 cm³/mol. The molecule has 0 unspecified atom stereocenters. The molecule has 2 rings (SSSR count). The fraction of sp³-hybridized carbons (Fsp3) is 0.333. The van der Waals surface area contributed by atoms with Gasteiger partial charge in [0, 0.05) is 12.7 Å². The van der Waals surface area contributed by atoms with Gasteiger partial charge >= 0.3 is 0 Å². The molecule has 0 aliphatic rings. The van der Waals surface area contributed by atoms with Gasteiger partial charge in [0.05, 0.1) is 18.0 Å². The van der Waals surface area contributed by atoms with E-state index in [9.17, 15) is 0 Å². The highest BCUT2D eigenvalue weighted by Gasteiger charge is 1.98. The number of rotatable bonds is 2. The minimum atomic E-state index is 0.978. The third kappa shape index (κ3) is 1.07. The average Bonchev–Trinajstić information content (AvgIpc) is 2.50. The minimum Gasteiger partial charge on any atom is -0.331 e. The zero-order valence-electron chi connectivity index (χ0n) is 7.07. The van der Waals surface area contributed by atoms with Gasteiger partial charge in [0.1, 0.15) is 5.52 Å². The molecule has 0 aliphatic carbocycles. The van der Waals surface area contributed by atoms with Gasteiger partial charge in [-0.25, -0.2) is 4.98 Å². The van der Waals surface area contributed by atoms with Crippen molar-refractivity contribution in [2.45, 2.75) is 19.9 Å². The van der Waals surface area contributed by atoms with E-state index in [1.54, 1.807) is 12.4 Å². The number of aryl methyl sites for hydroxylation is 1. The highest BCUT2D eigenvalue weighted by molar-refractivity contribution is 5.73. The van der Waals surface area contributed by atoms with Crippen LogP contribution >= 0.6 is 0 Å². The summed E-state index contributed by atoms with van der Waals surface area (Å²) >= 11 is 0. The first-order valence-corrected chi connectivity index (χ1v) is 4.16. The summed E-state index contributed by atoms with van der Waals surface area (Å²) in [5, 5.41) is 0. The molecule has 0 amide bonds. The van der Waals surface area contributed by atoms with Crippen LogP contribution in [0.15, 0.2) is 24.8 Å². The largest absolute Gasteiger partial charge is 0.331 e. The van der Waals surface area contributed by atoms with Crippen LogP contribution in [0.3, 0.4) is 0 Å². The Morgan fingerprint density at radius 1 is 1.50 bits per heavy atom. The molecule has 0 saturated heterocycles. The van der Waals surface area contributed by atoms with E-state index < -0.39 is 0 Å². The molecule has 0 spiro atoms. The van der Waals surface area contributed by atoms with Crippen molar-refractivity contribution < 1.29 is 0 Å². The van der Waals surface area contributed by atoms with E-state index in [1.165, 1.54) is 5.52 Å². The number of imidazole rings is 1. The molecular formula is C9H11N3. The molecule has 0 aromatic carbocycles. The molecule has 2 heterocycles. The summed E-state index contributed by atoms with van der Waals surface area (Å²) in [6.07, 6.45) is 6.60. The second kappa shape index (κ2) is 2.93. The van der Waals surface area contributed by atoms with E-state index in [0.29, 0.717) is 0 Å². The van der Waals surface area contributed by atoms with Crippen LogP contribution in [0.1, 0.15) is 13.3 Å². The molecule has 0 atom stereocenters. The number of hydrogen-bond acceptors (Lipinski definition) is 2. The van der Waals surface area contributed by atoms with Crippen molar-refractivity contribution in [1.29, 1.82) is 0 Å². The molecule has 0 N–H and O–H groups in total. The number of hydrogen-bond donors (Lipinski definition) is 0. The van der Waals surface area contributed by atoms with Crippen LogP contribution in [-0.4, -0.2) is 14.5 Å². The monoisotopic (exact) mass is 161 g/mol. The van der Waals surface area contributed by atoms with Crippen LogP contribution in [0.4, 0.5) is 0 Å². The van der Waals surface area contributed by atoms with Gasteiger partial charge in [-0.15, -0.1) is 0 Å². The fourth-order valence-corrected chi connectivity index (χ4v) is 1.33. The Balaban J connectivity index is 2.55. The van der Waals surface area contributed by atoms with E-state index in [1.807, 2.05) is 12.4 Å². The molecule has 0 radical (unpaired) electrons. The van der Waals surface area contributed by atoms with Crippen molar-refractivity contribution in [2.75, 3.05) is 0 Å². The van der Waals surface area contributed by atoms with Gasteiger partial charge in [0.15, 0.2) is 0 Å². The molecule has 3 heteroatoms. The zero-order chi connectivity index (χ0) is 8.39. The maximum Gasteiger partial charge on any atom is 0.107 e. The third-order valence-electron chi connectivity index (χ3n) is 1.89. The lowest BCUT2D eigenvalue weighted by Crippen LogP contribution is -1.93. The molecule has 3 nitrogen and oxygen atoms in total. The minimum absolute atomic E-state index is 0.978. The summed E-state index contributed by atoms with van der Waals surface area (Å²) < 4.78 is 2.15. The van der Waals surface area contributed by atoms with Gasteiger partial charge in [-0.05, 0) is 12.5 Å². The van der Waals surface area contributed by atoms with Crippen molar-refractivity contribution in [3.05, 3.63) is 24.8 Å². The van der Waals surface area contributed by atoms with Crippen molar-refractivity contribution in [2.24, 2.45) is 0 Å². The highest BCUT2D eigenvalue weighted by Crippen LogP contribution is 2.10. The van der Waals surface area contributed by atoms with Crippen molar-refractivity contribution in [3.8, 4) is 0 Å². The quantitative estimate of drug-likeness (QED) is 0.672. The Morgan fingerprint density at radius 3 is 3.25 bits per heavy atom. The first-order chi connectivity index (χ1) is 5.92. The molecule has 2 aromatic heterocycles. The van der Waals surface area contributed by atoms with E-state index in [0.717, 1.165) is 18.5 Å². The number of nitrogens with zero attached hydrogens (tertiary/aromatic N) is 3. The first kappa shape index (κ1) is 7.28. The predicted octanol–water partition coefficient (Wildman–Crippen LogP) is 1.84. The lowest BCUT2D eigenvalue weighted by atomic mass is 10.4. The van der Waals surface area contributed by atoms with Gasteiger partial charge in [0.25, 0.3) is 0 Å². The van der Waals surface area contributed by atoms with Crippen molar-refractivity contribution >= 4 is 11.0 Å². The molecular weight excluding hydrogens is 150 g/mol. The standard InChI is InChI=1S/C9H11N3/c1-2-5-12-7-11-8-6-10-4-3-9(8)12/h3-4,6-7H,2,5H2,1H3. The van der Waals surface area contributed by atoms with E-state index in [4.69, 9.17) is 0 Å². The summed E-state index contributed by atoms with van der Waals surface area (Å²) in [7, 11) is 0. The zero-order valence-corrected chi connectivity index (χ0v) is 7.07. The Hall–Kier alpha value is -1.38. The van der Waals surface area contributed by atoms with Gasteiger partial charge in [-0.1, -0.05) is 6.92 Å². The molecule has 0 fully saturated rings. The summed E-state index contributed by atoms with van der Waals surface area (Å²) in [5.41, 5.74) is 2.15. The van der Waals surface area contributed by atoms with E-state index >= 15 is 0 Å². The van der Waals surface area contributed by atoms with Crippen molar-refractivity contribution in [1.82, 2.24) is 14.5 Å². The van der Waals surface area contributed by atoms with E-state index in [2.05, 4.69) is 21.5 Å². The number of pyridine rings is 1. The maximum absolute atomic E-state index is 4.24. The summed E-state index contributed by atoms with van der Waals surface area (Å²) in [6, 6.07) is 2.00. The maximum atomic E-state index is 4.24.